The van der Waals surface area contributed by atoms with E-state index in [1.807, 2.05) is 26.8 Å². The SMILES string of the molecule is CCN(CCc1c(-c2cc(C(F)(F)F)cc(C(F)(F)F)c2)[nH]c2ccccc12)C(C)C. The minimum Gasteiger partial charge on any atom is -0.354 e. The molecule has 0 aliphatic heterocycles. The summed E-state index contributed by atoms with van der Waals surface area (Å²) in [7, 11) is 0. The van der Waals surface area contributed by atoms with Crippen LogP contribution in [-0.2, 0) is 18.8 Å². The van der Waals surface area contributed by atoms with Gasteiger partial charge in [0.1, 0.15) is 0 Å². The zero-order valence-corrected chi connectivity index (χ0v) is 17.5. The molecule has 0 aliphatic carbocycles. The molecule has 0 spiro atoms. The fourth-order valence-corrected chi connectivity index (χ4v) is 3.84. The van der Waals surface area contributed by atoms with Gasteiger partial charge in [-0.25, -0.2) is 0 Å². The largest absolute Gasteiger partial charge is 0.416 e. The van der Waals surface area contributed by atoms with Gasteiger partial charge in [-0.05, 0) is 62.2 Å². The van der Waals surface area contributed by atoms with Crippen LogP contribution in [-0.4, -0.2) is 29.0 Å². The van der Waals surface area contributed by atoms with Crippen LogP contribution in [0, 0.1) is 0 Å². The molecule has 0 unspecified atom stereocenters. The number of H-pyrrole nitrogens is 1. The summed E-state index contributed by atoms with van der Waals surface area (Å²) in [4.78, 5) is 5.25. The highest BCUT2D eigenvalue weighted by molar-refractivity contribution is 5.91. The van der Waals surface area contributed by atoms with Crippen molar-refractivity contribution in [3.05, 3.63) is 59.2 Å². The third-order valence-electron chi connectivity index (χ3n) is 5.48. The first-order chi connectivity index (χ1) is 14.4. The number of para-hydroxylation sites is 1. The van der Waals surface area contributed by atoms with Crippen molar-refractivity contribution in [2.24, 2.45) is 0 Å². The maximum atomic E-state index is 13.4. The highest BCUT2D eigenvalue weighted by atomic mass is 19.4. The quantitative estimate of drug-likeness (QED) is 0.402. The van der Waals surface area contributed by atoms with Crippen LogP contribution < -0.4 is 0 Å². The molecule has 2 nitrogen and oxygen atoms in total. The molecule has 3 rings (SSSR count). The fraction of sp³-hybridized carbons (Fsp3) is 0.391. The van der Waals surface area contributed by atoms with E-state index in [0.29, 0.717) is 24.0 Å². The van der Waals surface area contributed by atoms with Gasteiger partial charge >= 0.3 is 12.4 Å². The van der Waals surface area contributed by atoms with Gasteiger partial charge in [-0.2, -0.15) is 26.3 Å². The molecular formula is C23H24F6N2. The summed E-state index contributed by atoms with van der Waals surface area (Å²) in [5.41, 5.74) is -1.09. The molecule has 1 heterocycles. The topological polar surface area (TPSA) is 19.0 Å². The smallest absolute Gasteiger partial charge is 0.354 e. The molecule has 1 aromatic heterocycles. The molecule has 0 fully saturated rings. The number of fused-ring (bicyclic) bond motifs is 1. The zero-order chi connectivity index (χ0) is 23.0. The van der Waals surface area contributed by atoms with Crippen LogP contribution in [0.15, 0.2) is 42.5 Å². The lowest BCUT2D eigenvalue weighted by atomic mass is 9.98. The summed E-state index contributed by atoms with van der Waals surface area (Å²) < 4.78 is 80.2. The fourth-order valence-electron chi connectivity index (χ4n) is 3.84. The van der Waals surface area contributed by atoms with Crippen LogP contribution in [0.25, 0.3) is 22.2 Å². The first kappa shape index (κ1) is 23.2. The van der Waals surface area contributed by atoms with Gasteiger partial charge in [0.25, 0.3) is 0 Å². The summed E-state index contributed by atoms with van der Waals surface area (Å²) in [5.74, 6) is 0. The maximum Gasteiger partial charge on any atom is 0.416 e. The Balaban J connectivity index is 2.18. The second kappa shape index (κ2) is 8.57. The molecule has 0 saturated heterocycles. The van der Waals surface area contributed by atoms with Gasteiger partial charge in [0.05, 0.1) is 11.1 Å². The van der Waals surface area contributed by atoms with Crippen LogP contribution in [0.5, 0.6) is 0 Å². The van der Waals surface area contributed by atoms with Gasteiger partial charge in [0.2, 0.25) is 0 Å². The maximum absolute atomic E-state index is 13.4. The standard InChI is InChI=1S/C23H24F6N2/c1-4-31(14(2)3)10-9-19-18-7-5-6-8-20(18)30-21(19)15-11-16(22(24,25)26)13-17(12-15)23(27,28)29/h5-8,11-14,30H,4,9-10H2,1-3H3. The highest BCUT2D eigenvalue weighted by Crippen LogP contribution is 2.40. The third kappa shape index (κ3) is 5.06. The summed E-state index contributed by atoms with van der Waals surface area (Å²) in [6.45, 7) is 7.52. The second-order valence-corrected chi connectivity index (χ2v) is 7.79. The van der Waals surface area contributed by atoms with Crippen molar-refractivity contribution in [2.75, 3.05) is 13.1 Å². The van der Waals surface area contributed by atoms with Crippen LogP contribution in [0.4, 0.5) is 26.3 Å². The molecule has 0 amide bonds. The molecule has 3 aromatic rings. The van der Waals surface area contributed by atoms with E-state index in [-0.39, 0.29) is 23.4 Å². The van der Waals surface area contributed by atoms with Crippen LogP contribution in [0.1, 0.15) is 37.5 Å². The van der Waals surface area contributed by atoms with E-state index in [0.717, 1.165) is 24.1 Å². The summed E-state index contributed by atoms with van der Waals surface area (Å²) in [6, 6.07) is 9.15. The molecule has 168 valence electrons. The van der Waals surface area contributed by atoms with Gasteiger partial charge in [-0.3, -0.25) is 0 Å². The second-order valence-electron chi connectivity index (χ2n) is 7.79. The number of likely N-dealkylation sites (N-methyl/N-ethyl adjacent to an activating group) is 1. The lowest BCUT2D eigenvalue weighted by molar-refractivity contribution is -0.143. The highest BCUT2D eigenvalue weighted by Gasteiger charge is 2.37. The van der Waals surface area contributed by atoms with E-state index in [9.17, 15) is 26.3 Å². The Morgan fingerprint density at radius 1 is 0.903 bits per heavy atom. The molecule has 0 saturated carbocycles. The Morgan fingerprint density at radius 2 is 1.48 bits per heavy atom. The predicted octanol–water partition coefficient (Wildman–Crippen LogP) is 7.15. The number of hydrogen-bond donors (Lipinski definition) is 1. The number of aromatic nitrogens is 1. The van der Waals surface area contributed by atoms with Crippen molar-refractivity contribution in [2.45, 2.75) is 45.6 Å². The van der Waals surface area contributed by atoms with E-state index in [4.69, 9.17) is 0 Å². The van der Waals surface area contributed by atoms with Crippen molar-refractivity contribution in [1.29, 1.82) is 0 Å². The Morgan fingerprint density at radius 3 is 2.00 bits per heavy atom. The van der Waals surface area contributed by atoms with Crippen molar-refractivity contribution in [1.82, 2.24) is 9.88 Å². The molecule has 2 aromatic carbocycles. The van der Waals surface area contributed by atoms with Gasteiger partial charge in [-0.15, -0.1) is 0 Å². The van der Waals surface area contributed by atoms with Gasteiger partial charge < -0.3 is 9.88 Å². The lowest BCUT2D eigenvalue weighted by Crippen LogP contribution is -2.32. The normalized spacial score (nSPS) is 13.0. The predicted molar refractivity (Wildman–Crippen MR) is 110 cm³/mol. The molecule has 0 atom stereocenters. The van der Waals surface area contributed by atoms with Gasteiger partial charge in [-0.1, -0.05) is 25.1 Å². The third-order valence-corrected chi connectivity index (χ3v) is 5.48. The van der Waals surface area contributed by atoms with Crippen molar-refractivity contribution >= 4 is 10.9 Å². The molecule has 8 heteroatoms. The van der Waals surface area contributed by atoms with E-state index < -0.39 is 23.5 Å². The number of hydrogen-bond acceptors (Lipinski definition) is 1. The first-order valence-electron chi connectivity index (χ1n) is 10.0. The van der Waals surface area contributed by atoms with E-state index in [1.165, 1.54) is 0 Å². The molecule has 31 heavy (non-hydrogen) atoms. The average Bonchev–Trinajstić information content (AvgIpc) is 3.05. The molecular weight excluding hydrogens is 418 g/mol. The number of aromatic amines is 1. The number of nitrogens with one attached hydrogen (secondary N) is 1. The molecule has 0 radical (unpaired) electrons. The summed E-state index contributed by atoms with van der Waals surface area (Å²) in [5, 5.41) is 0.795. The minimum absolute atomic E-state index is 0.124. The molecule has 0 aliphatic rings. The first-order valence-corrected chi connectivity index (χ1v) is 10.0. The van der Waals surface area contributed by atoms with Gasteiger partial charge in [0.15, 0.2) is 0 Å². The van der Waals surface area contributed by atoms with Crippen molar-refractivity contribution < 1.29 is 26.3 Å². The Hall–Kier alpha value is -2.48. The van der Waals surface area contributed by atoms with Crippen molar-refractivity contribution in [3.8, 4) is 11.3 Å². The van der Waals surface area contributed by atoms with Crippen molar-refractivity contribution in [3.63, 3.8) is 0 Å². The lowest BCUT2D eigenvalue weighted by Gasteiger charge is -2.24. The number of halogens is 6. The number of nitrogens with zero attached hydrogens (tertiary/aromatic N) is 1. The average molecular weight is 442 g/mol. The van der Waals surface area contributed by atoms with E-state index in [2.05, 4.69) is 9.88 Å². The number of rotatable bonds is 6. The Bertz CT molecular complexity index is 1010. The molecule has 0 bridgehead atoms. The van der Waals surface area contributed by atoms with E-state index >= 15 is 0 Å². The Labute approximate surface area is 176 Å². The van der Waals surface area contributed by atoms with Crippen LogP contribution in [0.3, 0.4) is 0 Å². The summed E-state index contributed by atoms with van der Waals surface area (Å²) in [6.07, 6.45) is -9.29. The zero-order valence-electron chi connectivity index (χ0n) is 17.5. The van der Waals surface area contributed by atoms with Crippen LogP contribution in [0.2, 0.25) is 0 Å². The minimum atomic E-state index is -4.89. The number of benzene rings is 2. The monoisotopic (exact) mass is 442 g/mol. The molecule has 1 N–H and O–H groups in total. The Kier molecular flexibility index (Phi) is 6.41. The van der Waals surface area contributed by atoms with E-state index in [1.54, 1.807) is 18.2 Å². The van der Waals surface area contributed by atoms with Gasteiger partial charge in [0, 0.05) is 29.2 Å². The number of alkyl halides is 6. The summed E-state index contributed by atoms with van der Waals surface area (Å²) >= 11 is 0. The van der Waals surface area contributed by atoms with Crippen LogP contribution >= 0.6 is 0 Å².